The van der Waals surface area contributed by atoms with Gasteiger partial charge in [0.15, 0.2) is 23.0 Å². The zero-order valence-electron chi connectivity index (χ0n) is 16.0. The van der Waals surface area contributed by atoms with Crippen molar-refractivity contribution in [2.75, 3.05) is 27.9 Å². The zero-order valence-corrected chi connectivity index (χ0v) is 16.9. The normalized spacial score (nSPS) is 11.4. The molecule has 0 aliphatic heterocycles. The van der Waals surface area contributed by atoms with E-state index in [1.165, 1.54) is 27.4 Å². The van der Waals surface area contributed by atoms with E-state index in [1.54, 1.807) is 43.3 Å². The fourth-order valence-corrected chi connectivity index (χ4v) is 2.89. The van der Waals surface area contributed by atoms with Crippen LogP contribution >= 0.6 is 7.82 Å². The van der Waals surface area contributed by atoms with E-state index in [2.05, 4.69) is 0 Å². The third kappa shape index (κ3) is 5.66. The summed E-state index contributed by atoms with van der Waals surface area (Å²) in [6.07, 6.45) is 3.55. The number of benzene rings is 2. The van der Waals surface area contributed by atoms with Gasteiger partial charge in [-0.25, -0.2) is 4.57 Å². The molecule has 0 aliphatic carbocycles. The largest absolute Gasteiger partial charge is 0.524 e. The molecule has 0 aromatic heterocycles. The van der Waals surface area contributed by atoms with Gasteiger partial charge in [-0.05, 0) is 42.3 Å². The highest BCUT2D eigenvalue weighted by Crippen LogP contribution is 2.43. The van der Waals surface area contributed by atoms with Crippen molar-refractivity contribution in [2.45, 2.75) is 6.92 Å². The molecule has 0 atom stereocenters. The Kier molecular flexibility index (Phi) is 7.34. The number of hydrogen-bond acceptors (Lipinski definition) is 6. The van der Waals surface area contributed by atoms with Crippen LogP contribution in [0.15, 0.2) is 30.3 Å². The number of phosphoric acid groups is 1. The molecule has 28 heavy (non-hydrogen) atoms. The van der Waals surface area contributed by atoms with E-state index >= 15 is 0 Å². The average molecular weight is 410 g/mol. The summed E-state index contributed by atoms with van der Waals surface area (Å²) in [5.41, 5.74) is 1.43. The lowest BCUT2D eigenvalue weighted by Crippen LogP contribution is -1.97. The van der Waals surface area contributed by atoms with Crippen molar-refractivity contribution in [3.8, 4) is 28.7 Å². The Labute approximate surface area is 163 Å². The molecule has 0 spiro atoms. The third-order valence-electron chi connectivity index (χ3n) is 3.64. The summed E-state index contributed by atoms with van der Waals surface area (Å²) in [5.74, 6) is 1.72. The average Bonchev–Trinajstić information content (AvgIpc) is 2.66. The van der Waals surface area contributed by atoms with E-state index in [0.29, 0.717) is 29.4 Å². The van der Waals surface area contributed by atoms with Gasteiger partial charge in [0.05, 0.1) is 27.9 Å². The second-order valence-electron chi connectivity index (χ2n) is 5.51. The van der Waals surface area contributed by atoms with E-state index in [1.807, 2.05) is 0 Å². The Hall–Kier alpha value is -2.67. The molecule has 0 heterocycles. The number of methoxy groups -OCH3 is 3. The van der Waals surface area contributed by atoms with Gasteiger partial charge >= 0.3 is 7.82 Å². The van der Waals surface area contributed by atoms with E-state index in [-0.39, 0.29) is 11.5 Å². The molecule has 152 valence electrons. The Morgan fingerprint density at radius 1 is 0.857 bits per heavy atom. The van der Waals surface area contributed by atoms with E-state index in [9.17, 15) is 4.57 Å². The van der Waals surface area contributed by atoms with Crippen molar-refractivity contribution in [2.24, 2.45) is 0 Å². The second-order valence-corrected chi connectivity index (χ2v) is 6.68. The molecule has 0 aliphatic rings. The van der Waals surface area contributed by atoms with Gasteiger partial charge in [-0.3, -0.25) is 9.79 Å². The standard InChI is InChI=1S/C19H23O8P/c1-5-26-15-9-8-13(10-16(15)27-28(20,21)22)6-7-14-11-17(23-2)19(25-4)18(12-14)24-3/h6-12H,5H2,1-4H3,(H2,20,21,22). The summed E-state index contributed by atoms with van der Waals surface area (Å²) in [6, 6.07) is 8.37. The van der Waals surface area contributed by atoms with Crippen LogP contribution in [0.2, 0.25) is 0 Å². The molecule has 0 unspecified atom stereocenters. The Bertz CT molecular complexity index is 862. The van der Waals surface area contributed by atoms with Crippen LogP contribution in [-0.4, -0.2) is 37.7 Å². The van der Waals surface area contributed by atoms with Crippen molar-refractivity contribution in [1.29, 1.82) is 0 Å². The van der Waals surface area contributed by atoms with Gasteiger partial charge in [-0.1, -0.05) is 18.2 Å². The lowest BCUT2D eigenvalue weighted by atomic mass is 10.1. The molecule has 2 aromatic carbocycles. The summed E-state index contributed by atoms with van der Waals surface area (Å²) in [4.78, 5) is 18.2. The second kappa shape index (κ2) is 9.50. The van der Waals surface area contributed by atoms with Crippen LogP contribution in [0.4, 0.5) is 0 Å². The van der Waals surface area contributed by atoms with Crippen LogP contribution in [0.25, 0.3) is 12.2 Å². The highest BCUT2D eigenvalue weighted by molar-refractivity contribution is 7.46. The first kappa shape index (κ1) is 21.6. The molecule has 2 rings (SSSR count). The minimum Gasteiger partial charge on any atom is -0.493 e. The lowest BCUT2D eigenvalue weighted by molar-refractivity contribution is 0.270. The molecule has 0 saturated heterocycles. The lowest BCUT2D eigenvalue weighted by Gasteiger charge is -2.13. The summed E-state index contributed by atoms with van der Waals surface area (Å²) < 4.78 is 37.2. The maximum atomic E-state index is 11.2. The minimum absolute atomic E-state index is 0.0396. The van der Waals surface area contributed by atoms with Crippen LogP contribution in [0.3, 0.4) is 0 Å². The van der Waals surface area contributed by atoms with Crippen molar-refractivity contribution in [1.82, 2.24) is 0 Å². The first-order valence-corrected chi connectivity index (χ1v) is 9.84. The Morgan fingerprint density at radius 2 is 1.43 bits per heavy atom. The minimum atomic E-state index is -4.72. The molecular formula is C19H23O8P. The summed E-state index contributed by atoms with van der Waals surface area (Å²) in [7, 11) is -0.129. The fourth-order valence-electron chi connectivity index (χ4n) is 2.49. The van der Waals surface area contributed by atoms with Crippen molar-refractivity contribution in [3.63, 3.8) is 0 Å². The van der Waals surface area contributed by atoms with Crippen LogP contribution in [0, 0.1) is 0 Å². The van der Waals surface area contributed by atoms with Crippen molar-refractivity contribution in [3.05, 3.63) is 41.5 Å². The Balaban J connectivity index is 2.38. The van der Waals surface area contributed by atoms with Crippen molar-refractivity contribution >= 4 is 20.0 Å². The maximum absolute atomic E-state index is 11.2. The quantitative estimate of drug-likeness (QED) is 0.476. The van der Waals surface area contributed by atoms with Gasteiger partial charge < -0.3 is 23.5 Å². The summed E-state index contributed by atoms with van der Waals surface area (Å²) in [6.45, 7) is 2.09. The topological polar surface area (TPSA) is 104 Å². The first-order valence-electron chi connectivity index (χ1n) is 8.31. The van der Waals surface area contributed by atoms with E-state index < -0.39 is 7.82 Å². The van der Waals surface area contributed by atoms with E-state index in [0.717, 1.165) is 5.56 Å². The van der Waals surface area contributed by atoms with Crippen LogP contribution < -0.4 is 23.5 Å². The molecule has 0 saturated carbocycles. The third-order valence-corrected chi connectivity index (χ3v) is 4.07. The fraction of sp³-hybridized carbons (Fsp3) is 0.263. The van der Waals surface area contributed by atoms with Gasteiger partial charge in [-0.2, -0.15) is 0 Å². The number of phosphoric ester groups is 1. The van der Waals surface area contributed by atoms with Crippen LogP contribution in [0.5, 0.6) is 28.7 Å². The maximum Gasteiger partial charge on any atom is 0.524 e. The molecule has 0 bridgehead atoms. The first-order chi connectivity index (χ1) is 13.3. The molecule has 0 fully saturated rings. The molecule has 0 radical (unpaired) electrons. The van der Waals surface area contributed by atoms with Gasteiger partial charge in [0.25, 0.3) is 0 Å². The highest BCUT2D eigenvalue weighted by Gasteiger charge is 2.19. The Morgan fingerprint density at radius 3 is 1.93 bits per heavy atom. The van der Waals surface area contributed by atoms with Gasteiger partial charge in [-0.15, -0.1) is 0 Å². The molecular weight excluding hydrogens is 387 g/mol. The molecule has 2 N–H and O–H groups in total. The molecule has 0 amide bonds. The van der Waals surface area contributed by atoms with Gasteiger partial charge in [0.2, 0.25) is 5.75 Å². The number of ether oxygens (including phenoxy) is 4. The molecule has 2 aromatic rings. The predicted molar refractivity (Wildman–Crippen MR) is 105 cm³/mol. The van der Waals surface area contributed by atoms with E-state index in [4.69, 9.17) is 33.3 Å². The summed E-state index contributed by atoms with van der Waals surface area (Å²) >= 11 is 0. The van der Waals surface area contributed by atoms with Crippen molar-refractivity contribution < 1.29 is 37.8 Å². The number of hydrogen-bond donors (Lipinski definition) is 2. The highest BCUT2D eigenvalue weighted by atomic mass is 31.2. The van der Waals surface area contributed by atoms with Gasteiger partial charge in [0, 0.05) is 0 Å². The SMILES string of the molecule is CCOc1ccc(C=Cc2cc(OC)c(OC)c(OC)c2)cc1OP(=O)(O)O. The van der Waals surface area contributed by atoms with Crippen LogP contribution in [0.1, 0.15) is 18.1 Å². The van der Waals surface area contributed by atoms with Crippen LogP contribution in [-0.2, 0) is 4.57 Å². The summed E-state index contributed by atoms with van der Waals surface area (Å²) in [5, 5.41) is 0. The molecule has 8 nitrogen and oxygen atoms in total. The smallest absolute Gasteiger partial charge is 0.493 e. The zero-order chi connectivity index (χ0) is 20.7. The number of rotatable bonds is 9. The molecule has 9 heteroatoms. The monoisotopic (exact) mass is 410 g/mol. The van der Waals surface area contributed by atoms with Gasteiger partial charge in [0.1, 0.15) is 0 Å². The predicted octanol–water partition coefficient (Wildman–Crippen LogP) is 3.75.